The molecule has 0 atom stereocenters. The van der Waals surface area contributed by atoms with E-state index in [1.165, 1.54) is 0 Å². The van der Waals surface area contributed by atoms with E-state index in [-0.39, 0.29) is 17.6 Å². The standard InChI is InChI=1S/C19H20N4O2/c1-10(2)13-8-14(12-6-5-7-15-18(12)22-23-21-15)17(24)9-16(13)20-19(25)11(3)4/h5-10,24H,3H2,1-2,4H3,(H,20,25)(H,21,22,23). The van der Waals surface area contributed by atoms with Gasteiger partial charge in [0.15, 0.2) is 0 Å². The maximum Gasteiger partial charge on any atom is 0.250 e. The van der Waals surface area contributed by atoms with E-state index in [1.807, 2.05) is 38.1 Å². The summed E-state index contributed by atoms with van der Waals surface area (Å²) in [5.41, 5.74) is 4.75. The average Bonchev–Trinajstić information content (AvgIpc) is 3.03. The molecule has 25 heavy (non-hydrogen) atoms. The van der Waals surface area contributed by atoms with Gasteiger partial charge in [-0.25, -0.2) is 0 Å². The zero-order valence-corrected chi connectivity index (χ0v) is 14.4. The molecule has 0 radical (unpaired) electrons. The van der Waals surface area contributed by atoms with Crippen LogP contribution in [-0.4, -0.2) is 26.4 Å². The van der Waals surface area contributed by atoms with E-state index in [0.29, 0.717) is 22.3 Å². The summed E-state index contributed by atoms with van der Waals surface area (Å²) in [5.74, 6) is -0.0548. The number of nitrogens with one attached hydrogen (secondary N) is 2. The Balaban J connectivity index is 2.16. The average molecular weight is 336 g/mol. The molecule has 0 saturated carbocycles. The number of aromatic hydroxyl groups is 1. The fourth-order valence-electron chi connectivity index (χ4n) is 2.72. The SMILES string of the molecule is C=C(C)C(=O)Nc1cc(O)c(-c2cccc3n[nH]nc23)cc1C(C)C. The third-order valence-electron chi connectivity index (χ3n) is 4.06. The van der Waals surface area contributed by atoms with Crippen LogP contribution in [0.5, 0.6) is 5.75 Å². The second-order valence-electron chi connectivity index (χ2n) is 6.34. The molecule has 1 heterocycles. The Morgan fingerprint density at radius 1 is 1.24 bits per heavy atom. The van der Waals surface area contributed by atoms with Crippen molar-refractivity contribution >= 4 is 22.6 Å². The fraction of sp³-hybridized carbons (Fsp3) is 0.211. The quantitative estimate of drug-likeness (QED) is 0.629. The fourth-order valence-corrected chi connectivity index (χ4v) is 2.72. The molecule has 0 aliphatic heterocycles. The second-order valence-corrected chi connectivity index (χ2v) is 6.34. The van der Waals surface area contributed by atoms with E-state index in [1.54, 1.807) is 13.0 Å². The summed E-state index contributed by atoms with van der Waals surface area (Å²) in [6.45, 7) is 9.35. The van der Waals surface area contributed by atoms with E-state index >= 15 is 0 Å². The number of aromatic nitrogens is 3. The number of carbonyl (C=O) groups excluding carboxylic acids is 1. The smallest absolute Gasteiger partial charge is 0.250 e. The number of anilines is 1. The molecule has 0 saturated heterocycles. The van der Waals surface area contributed by atoms with Crippen molar-refractivity contribution in [3.05, 3.63) is 48.0 Å². The lowest BCUT2D eigenvalue weighted by atomic mass is 9.94. The van der Waals surface area contributed by atoms with Crippen LogP contribution in [0.4, 0.5) is 5.69 Å². The van der Waals surface area contributed by atoms with E-state index in [0.717, 1.165) is 16.6 Å². The number of hydrogen-bond acceptors (Lipinski definition) is 4. The van der Waals surface area contributed by atoms with Gasteiger partial charge in [-0.1, -0.05) is 32.6 Å². The van der Waals surface area contributed by atoms with E-state index < -0.39 is 0 Å². The molecule has 0 bridgehead atoms. The molecule has 3 rings (SSSR count). The van der Waals surface area contributed by atoms with Crippen molar-refractivity contribution in [3.63, 3.8) is 0 Å². The normalized spacial score (nSPS) is 11.0. The maximum absolute atomic E-state index is 12.0. The minimum Gasteiger partial charge on any atom is -0.507 e. The van der Waals surface area contributed by atoms with Crippen LogP contribution in [0.25, 0.3) is 22.2 Å². The molecule has 0 spiro atoms. The van der Waals surface area contributed by atoms with Crippen LogP contribution >= 0.6 is 0 Å². The molecule has 6 nitrogen and oxygen atoms in total. The molecule has 1 amide bonds. The summed E-state index contributed by atoms with van der Waals surface area (Å²) in [7, 11) is 0. The molecule has 3 N–H and O–H groups in total. The highest BCUT2D eigenvalue weighted by Crippen LogP contribution is 2.39. The first-order valence-corrected chi connectivity index (χ1v) is 8.02. The number of aromatic amines is 1. The van der Waals surface area contributed by atoms with E-state index in [9.17, 15) is 9.90 Å². The Kier molecular flexibility index (Phi) is 4.27. The number of carbonyl (C=O) groups is 1. The molecule has 3 aromatic rings. The minimum absolute atomic E-state index is 0.0666. The number of para-hydroxylation sites is 1. The summed E-state index contributed by atoms with van der Waals surface area (Å²) in [6, 6.07) is 9.06. The summed E-state index contributed by atoms with van der Waals surface area (Å²) < 4.78 is 0. The lowest BCUT2D eigenvalue weighted by Gasteiger charge is -2.17. The molecular formula is C19H20N4O2. The molecule has 0 aliphatic carbocycles. The van der Waals surface area contributed by atoms with Crippen molar-refractivity contribution < 1.29 is 9.90 Å². The molecule has 0 unspecified atom stereocenters. The maximum atomic E-state index is 12.0. The zero-order chi connectivity index (χ0) is 18.1. The van der Waals surface area contributed by atoms with Crippen molar-refractivity contribution in [3.8, 4) is 16.9 Å². The van der Waals surface area contributed by atoms with Crippen molar-refractivity contribution in [2.24, 2.45) is 0 Å². The minimum atomic E-state index is -0.271. The first-order valence-electron chi connectivity index (χ1n) is 8.02. The lowest BCUT2D eigenvalue weighted by Crippen LogP contribution is -2.13. The Hall–Kier alpha value is -3.15. The number of amides is 1. The predicted molar refractivity (Wildman–Crippen MR) is 98.5 cm³/mol. The Bertz CT molecular complexity index is 973. The van der Waals surface area contributed by atoms with Gasteiger partial charge in [-0.05, 0) is 30.5 Å². The Labute approximate surface area is 145 Å². The number of nitrogens with zero attached hydrogens (tertiary/aromatic N) is 2. The van der Waals surface area contributed by atoms with Crippen LogP contribution in [0.2, 0.25) is 0 Å². The van der Waals surface area contributed by atoms with Gasteiger partial charge in [0.1, 0.15) is 16.8 Å². The van der Waals surface area contributed by atoms with Gasteiger partial charge >= 0.3 is 0 Å². The number of phenolic OH excluding ortho intramolecular Hbond substituents is 1. The molecule has 128 valence electrons. The first kappa shape index (κ1) is 16.7. The second kappa shape index (κ2) is 6.39. The lowest BCUT2D eigenvalue weighted by molar-refractivity contribution is -0.112. The topological polar surface area (TPSA) is 90.9 Å². The zero-order valence-electron chi connectivity index (χ0n) is 14.4. The highest BCUT2D eigenvalue weighted by Gasteiger charge is 2.17. The number of phenols is 1. The Morgan fingerprint density at radius 3 is 2.68 bits per heavy atom. The predicted octanol–water partition coefficient (Wildman–Crippen LogP) is 3.97. The third-order valence-corrected chi connectivity index (χ3v) is 4.06. The highest BCUT2D eigenvalue weighted by molar-refractivity contribution is 6.04. The summed E-state index contributed by atoms with van der Waals surface area (Å²) in [5, 5.41) is 24.2. The van der Waals surface area contributed by atoms with Crippen molar-refractivity contribution in [1.29, 1.82) is 0 Å². The summed E-state index contributed by atoms with van der Waals surface area (Å²) in [4.78, 5) is 12.0. The van der Waals surface area contributed by atoms with Crippen molar-refractivity contribution in [2.45, 2.75) is 26.7 Å². The molecule has 6 heteroatoms. The van der Waals surface area contributed by atoms with Crippen LogP contribution in [0.15, 0.2) is 42.5 Å². The molecule has 1 aromatic heterocycles. The summed E-state index contributed by atoms with van der Waals surface area (Å²) in [6.07, 6.45) is 0. The first-order chi connectivity index (χ1) is 11.9. The van der Waals surface area contributed by atoms with Crippen molar-refractivity contribution in [1.82, 2.24) is 15.4 Å². The largest absolute Gasteiger partial charge is 0.507 e. The van der Waals surface area contributed by atoms with Crippen LogP contribution in [0, 0.1) is 0 Å². The molecule has 0 fully saturated rings. The number of benzene rings is 2. The van der Waals surface area contributed by atoms with Gasteiger partial charge in [0.25, 0.3) is 5.91 Å². The van der Waals surface area contributed by atoms with Gasteiger partial charge in [-0.3, -0.25) is 4.79 Å². The van der Waals surface area contributed by atoms with Gasteiger partial charge in [0, 0.05) is 28.5 Å². The number of H-pyrrole nitrogens is 1. The molecule has 0 aliphatic rings. The molecule has 2 aromatic carbocycles. The van der Waals surface area contributed by atoms with Gasteiger partial charge in [0.2, 0.25) is 0 Å². The van der Waals surface area contributed by atoms with Gasteiger partial charge in [0.05, 0.1) is 0 Å². The van der Waals surface area contributed by atoms with Gasteiger partial charge in [-0.15, -0.1) is 0 Å². The van der Waals surface area contributed by atoms with Crippen LogP contribution in [-0.2, 0) is 4.79 Å². The monoisotopic (exact) mass is 336 g/mol. The van der Waals surface area contributed by atoms with Crippen LogP contribution < -0.4 is 5.32 Å². The Morgan fingerprint density at radius 2 is 2.00 bits per heavy atom. The highest BCUT2D eigenvalue weighted by atomic mass is 16.3. The van der Waals surface area contributed by atoms with Crippen LogP contribution in [0.1, 0.15) is 32.3 Å². The third kappa shape index (κ3) is 3.10. The number of rotatable bonds is 4. The van der Waals surface area contributed by atoms with Crippen LogP contribution in [0.3, 0.4) is 0 Å². The van der Waals surface area contributed by atoms with Gasteiger partial charge in [-0.2, -0.15) is 15.4 Å². The van der Waals surface area contributed by atoms with Crippen molar-refractivity contribution in [2.75, 3.05) is 5.32 Å². The number of hydrogen-bond donors (Lipinski definition) is 3. The molecular weight excluding hydrogens is 316 g/mol. The van der Waals surface area contributed by atoms with E-state index in [2.05, 4.69) is 27.3 Å². The van der Waals surface area contributed by atoms with Gasteiger partial charge < -0.3 is 10.4 Å². The van der Waals surface area contributed by atoms with E-state index in [4.69, 9.17) is 0 Å². The summed E-state index contributed by atoms with van der Waals surface area (Å²) >= 11 is 0. The number of fused-ring (bicyclic) bond motifs is 1.